The molecule has 6 heteroatoms. The lowest BCUT2D eigenvalue weighted by atomic mass is 10.2. The number of rotatable bonds is 3. The van der Waals surface area contributed by atoms with E-state index in [4.69, 9.17) is 16.3 Å². The lowest BCUT2D eigenvalue weighted by molar-refractivity contribution is -0.135. The van der Waals surface area contributed by atoms with Crippen LogP contribution < -0.4 is 0 Å². The summed E-state index contributed by atoms with van der Waals surface area (Å²) in [6, 6.07) is 6.93. The highest BCUT2D eigenvalue weighted by molar-refractivity contribution is 6.30. The number of benzene rings is 1. The van der Waals surface area contributed by atoms with Crippen LogP contribution in [0.5, 0.6) is 0 Å². The van der Waals surface area contributed by atoms with Crippen molar-refractivity contribution in [3.05, 3.63) is 34.9 Å². The third-order valence-corrected chi connectivity index (χ3v) is 3.71. The van der Waals surface area contributed by atoms with Gasteiger partial charge in [0.25, 0.3) is 5.91 Å². The molecule has 0 aromatic heterocycles. The fourth-order valence-corrected chi connectivity index (χ4v) is 2.58. The first kappa shape index (κ1) is 15.8. The molecule has 21 heavy (non-hydrogen) atoms. The minimum Gasteiger partial charge on any atom is -0.375 e. The maximum atomic E-state index is 12.4. The van der Waals surface area contributed by atoms with Crippen molar-refractivity contribution >= 4 is 23.4 Å². The fraction of sp³-hybridized carbons (Fsp3) is 0.467. The number of amides is 2. The highest BCUT2D eigenvalue weighted by Gasteiger charge is 2.22. The first-order valence-electron chi connectivity index (χ1n) is 6.93. The number of hydrogen-bond donors (Lipinski definition) is 0. The Kier molecular flexibility index (Phi) is 5.59. The molecule has 0 bridgehead atoms. The molecule has 0 saturated carbocycles. The Labute approximate surface area is 129 Å². The highest BCUT2D eigenvalue weighted by Crippen LogP contribution is 2.14. The topological polar surface area (TPSA) is 49.9 Å². The minimum atomic E-state index is -0.0430. The molecule has 0 aliphatic carbocycles. The van der Waals surface area contributed by atoms with E-state index in [9.17, 15) is 9.59 Å². The Morgan fingerprint density at radius 2 is 1.90 bits per heavy atom. The molecule has 114 valence electrons. The van der Waals surface area contributed by atoms with Crippen LogP contribution >= 0.6 is 11.6 Å². The highest BCUT2D eigenvalue weighted by atomic mass is 35.5. The molecule has 0 spiro atoms. The number of nitrogens with zero attached hydrogens (tertiary/aromatic N) is 2. The summed E-state index contributed by atoms with van der Waals surface area (Å²) in [7, 11) is 1.50. The van der Waals surface area contributed by atoms with Crippen molar-refractivity contribution in [1.82, 2.24) is 9.80 Å². The molecule has 0 unspecified atom stereocenters. The number of ether oxygens (including phenoxy) is 1. The van der Waals surface area contributed by atoms with Crippen LogP contribution in [0, 0.1) is 0 Å². The van der Waals surface area contributed by atoms with Gasteiger partial charge in [-0.15, -0.1) is 0 Å². The van der Waals surface area contributed by atoms with Crippen molar-refractivity contribution in [2.24, 2.45) is 0 Å². The Morgan fingerprint density at radius 1 is 1.19 bits per heavy atom. The van der Waals surface area contributed by atoms with Crippen molar-refractivity contribution < 1.29 is 14.3 Å². The first-order valence-corrected chi connectivity index (χ1v) is 7.31. The van der Waals surface area contributed by atoms with Gasteiger partial charge in [0.1, 0.15) is 6.61 Å². The molecule has 0 N–H and O–H groups in total. The summed E-state index contributed by atoms with van der Waals surface area (Å²) in [5.41, 5.74) is 0.583. The van der Waals surface area contributed by atoms with E-state index in [2.05, 4.69) is 0 Å². The van der Waals surface area contributed by atoms with Gasteiger partial charge in [0.05, 0.1) is 0 Å². The summed E-state index contributed by atoms with van der Waals surface area (Å²) >= 11 is 5.92. The van der Waals surface area contributed by atoms with Crippen LogP contribution in [0.25, 0.3) is 0 Å². The summed E-state index contributed by atoms with van der Waals surface area (Å²) in [4.78, 5) is 27.8. The van der Waals surface area contributed by atoms with E-state index in [1.165, 1.54) is 7.11 Å². The molecule has 2 rings (SSSR count). The van der Waals surface area contributed by atoms with Crippen LogP contribution in [-0.2, 0) is 9.53 Å². The molecule has 2 amide bonds. The molecule has 1 aliphatic heterocycles. The van der Waals surface area contributed by atoms with E-state index in [1.807, 2.05) is 0 Å². The SMILES string of the molecule is COCC(=O)N1CCCN(C(=O)c2cccc(Cl)c2)CC1. The predicted octanol–water partition coefficient (Wildman–Crippen LogP) is 1.66. The zero-order valence-electron chi connectivity index (χ0n) is 12.0. The summed E-state index contributed by atoms with van der Waals surface area (Å²) in [6.45, 7) is 2.45. The summed E-state index contributed by atoms with van der Waals surface area (Å²) in [5.74, 6) is -0.0758. The molecule has 0 radical (unpaired) electrons. The smallest absolute Gasteiger partial charge is 0.253 e. The average Bonchev–Trinajstić information content (AvgIpc) is 2.72. The first-order chi connectivity index (χ1) is 10.1. The van der Waals surface area contributed by atoms with Gasteiger partial charge in [-0.05, 0) is 24.6 Å². The second-order valence-corrected chi connectivity index (χ2v) is 5.41. The quantitative estimate of drug-likeness (QED) is 0.853. The van der Waals surface area contributed by atoms with E-state index in [-0.39, 0.29) is 18.4 Å². The lowest BCUT2D eigenvalue weighted by Gasteiger charge is -2.22. The molecular formula is C15H19ClN2O3. The molecule has 0 atom stereocenters. The van der Waals surface area contributed by atoms with Crippen LogP contribution in [0.3, 0.4) is 0 Å². The van der Waals surface area contributed by atoms with Crippen molar-refractivity contribution in [3.63, 3.8) is 0 Å². The van der Waals surface area contributed by atoms with Gasteiger partial charge >= 0.3 is 0 Å². The van der Waals surface area contributed by atoms with E-state index in [1.54, 1.807) is 34.1 Å². The number of methoxy groups -OCH3 is 1. The Morgan fingerprint density at radius 3 is 2.62 bits per heavy atom. The van der Waals surface area contributed by atoms with Crippen LogP contribution in [0.15, 0.2) is 24.3 Å². The summed E-state index contributed by atoms with van der Waals surface area (Å²) < 4.78 is 4.87. The van der Waals surface area contributed by atoms with E-state index >= 15 is 0 Å². The number of carbonyl (C=O) groups is 2. The van der Waals surface area contributed by atoms with Gasteiger partial charge in [0, 0.05) is 43.9 Å². The molecular weight excluding hydrogens is 292 g/mol. The van der Waals surface area contributed by atoms with Crippen LogP contribution in [0.2, 0.25) is 5.02 Å². The Bertz CT molecular complexity index is 521. The lowest BCUT2D eigenvalue weighted by Crippen LogP contribution is -2.38. The van der Waals surface area contributed by atoms with Crippen LogP contribution in [-0.4, -0.2) is 61.5 Å². The number of hydrogen-bond acceptors (Lipinski definition) is 3. The van der Waals surface area contributed by atoms with Gasteiger partial charge in [-0.3, -0.25) is 9.59 Å². The normalized spacial score (nSPS) is 15.7. The molecule has 5 nitrogen and oxygen atoms in total. The van der Waals surface area contributed by atoms with Gasteiger partial charge in [-0.25, -0.2) is 0 Å². The number of halogens is 1. The van der Waals surface area contributed by atoms with Gasteiger partial charge in [-0.2, -0.15) is 0 Å². The third kappa shape index (κ3) is 4.19. The van der Waals surface area contributed by atoms with E-state index in [0.717, 1.165) is 6.42 Å². The standard InChI is InChI=1S/C15H19ClN2O3/c1-21-11-14(19)17-6-3-7-18(9-8-17)15(20)12-4-2-5-13(16)10-12/h2,4-5,10H,3,6-9,11H2,1H3. The third-order valence-electron chi connectivity index (χ3n) is 3.48. The van der Waals surface area contributed by atoms with E-state index in [0.29, 0.717) is 36.8 Å². The van der Waals surface area contributed by atoms with E-state index < -0.39 is 0 Å². The second-order valence-electron chi connectivity index (χ2n) is 4.97. The van der Waals surface area contributed by atoms with Gasteiger partial charge < -0.3 is 14.5 Å². The van der Waals surface area contributed by atoms with Crippen molar-refractivity contribution in [1.29, 1.82) is 0 Å². The largest absolute Gasteiger partial charge is 0.375 e. The molecule has 1 saturated heterocycles. The zero-order valence-corrected chi connectivity index (χ0v) is 12.8. The van der Waals surface area contributed by atoms with Gasteiger partial charge in [0.2, 0.25) is 5.91 Å². The Balaban J connectivity index is 1.99. The van der Waals surface area contributed by atoms with Crippen molar-refractivity contribution in [2.75, 3.05) is 39.9 Å². The summed E-state index contributed by atoms with van der Waals surface area (Å²) in [6.07, 6.45) is 0.766. The van der Waals surface area contributed by atoms with Gasteiger partial charge in [-0.1, -0.05) is 17.7 Å². The Hall–Kier alpha value is -1.59. The second kappa shape index (κ2) is 7.43. The molecule has 1 aromatic rings. The number of carbonyl (C=O) groups excluding carboxylic acids is 2. The zero-order chi connectivity index (χ0) is 15.2. The van der Waals surface area contributed by atoms with Gasteiger partial charge in [0.15, 0.2) is 0 Å². The average molecular weight is 311 g/mol. The fourth-order valence-electron chi connectivity index (χ4n) is 2.39. The summed E-state index contributed by atoms with van der Waals surface area (Å²) in [5, 5.41) is 0.549. The molecule has 1 fully saturated rings. The minimum absolute atomic E-state index is 0.0328. The monoisotopic (exact) mass is 310 g/mol. The van der Waals surface area contributed by atoms with Crippen molar-refractivity contribution in [3.8, 4) is 0 Å². The van der Waals surface area contributed by atoms with Crippen LogP contribution in [0.4, 0.5) is 0 Å². The maximum absolute atomic E-state index is 12.4. The molecule has 1 heterocycles. The predicted molar refractivity (Wildman–Crippen MR) is 80.4 cm³/mol. The molecule has 1 aromatic carbocycles. The van der Waals surface area contributed by atoms with Crippen molar-refractivity contribution in [2.45, 2.75) is 6.42 Å². The maximum Gasteiger partial charge on any atom is 0.253 e. The van der Waals surface area contributed by atoms with Crippen LogP contribution in [0.1, 0.15) is 16.8 Å². The molecule has 1 aliphatic rings.